The molecule has 2 rings (SSSR count). The third-order valence-electron chi connectivity index (χ3n) is 2.30. The van der Waals surface area contributed by atoms with Gasteiger partial charge in [-0.3, -0.25) is 0 Å². The summed E-state index contributed by atoms with van der Waals surface area (Å²) in [5.74, 6) is 0. The number of hydrogen-bond acceptors (Lipinski definition) is 1. The van der Waals surface area contributed by atoms with Gasteiger partial charge in [0.1, 0.15) is 0 Å². The standard InChI is InChI=1S/C13H11Cl2N/c1-8-2-9(6-13(16)3-8)10-4-11(14)7-12(15)5-10/h2-7H,16H2,1H3. The van der Waals surface area contributed by atoms with Crippen molar-refractivity contribution >= 4 is 28.9 Å². The average Bonchev–Trinajstić information content (AvgIpc) is 2.14. The molecule has 2 aromatic carbocycles. The molecule has 0 saturated carbocycles. The Morgan fingerprint density at radius 3 is 1.94 bits per heavy atom. The lowest BCUT2D eigenvalue weighted by atomic mass is 10.0. The van der Waals surface area contributed by atoms with Crippen LogP contribution >= 0.6 is 23.2 Å². The van der Waals surface area contributed by atoms with Gasteiger partial charge in [0.2, 0.25) is 0 Å². The molecule has 0 atom stereocenters. The summed E-state index contributed by atoms with van der Waals surface area (Å²) >= 11 is 11.9. The van der Waals surface area contributed by atoms with Gasteiger partial charge in [0, 0.05) is 15.7 Å². The van der Waals surface area contributed by atoms with Crippen LogP contribution in [0.15, 0.2) is 36.4 Å². The Bertz CT molecular complexity index is 445. The summed E-state index contributed by atoms with van der Waals surface area (Å²) in [6.07, 6.45) is 0. The Hall–Kier alpha value is -1.18. The maximum absolute atomic E-state index is 5.96. The van der Waals surface area contributed by atoms with E-state index in [1.54, 1.807) is 6.07 Å². The normalized spacial score (nSPS) is 10.4. The van der Waals surface area contributed by atoms with Crippen LogP contribution in [0.1, 0.15) is 5.56 Å². The summed E-state index contributed by atoms with van der Waals surface area (Å²) in [6, 6.07) is 11.4. The summed E-state index contributed by atoms with van der Waals surface area (Å²) in [4.78, 5) is 0. The van der Waals surface area contributed by atoms with Crippen molar-refractivity contribution in [2.75, 3.05) is 5.73 Å². The number of anilines is 1. The molecule has 0 radical (unpaired) electrons. The van der Waals surface area contributed by atoms with Crippen molar-refractivity contribution in [1.82, 2.24) is 0 Å². The van der Waals surface area contributed by atoms with E-state index in [-0.39, 0.29) is 0 Å². The molecule has 2 aromatic rings. The van der Waals surface area contributed by atoms with Crippen LogP contribution in [0.3, 0.4) is 0 Å². The molecule has 0 amide bonds. The molecule has 1 nitrogen and oxygen atoms in total. The number of rotatable bonds is 1. The zero-order valence-electron chi connectivity index (χ0n) is 8.80. The molecule has 2 N–H and O–H groups in total. The van der Waals surface area contributed by atoms with Gasteiger partial charge in [-0.25, -0.2) is 0 Å². The van der Waals surface area contributed by atoms with E-state index in [1.165, 1.54) is 0 Å². The van der Waals surface area contributed by atoms with Crippen molar-refractivity contribution in [2.24, 2.45) is 0 Å². The highest BCUT2D eigenvalue weighted by Crippen LogP contribution is 2.29. The minimum atomic E-state index is 0.627. The van der Waals surface area contributed by atoms with Crippen LogP contribution in [0, 0.1) is 6.92 Å². The largest absolute Gasteiger partial charge is 0.399 e. The SMILES string of the molecule is Cc1cc(N)cc(-c2cc(Cl)cc(Cl)c2)c1. The van der Waals surface area contributed by atoms with Gasteiger partial charge < -0.3 is 5.73 Å². The van der Waals surface area contributed by atoms with Crippen LogP contribution in [-0.2, 0) is 0 Å². The van der Waals surface area contributed by atoms with E-state index in [1.807, 2.05) is 31.2 Å². The lowest BCUT2D eigenvalue weighted by Crippen LogP contribution is -1.88. The zero-order valence-corrected chi connectivity index (χ0v) is 10.3. The number of nitrogen functional groups attached to an aromatic ring is 1. The fourth-order valence-electron chi connectivity index (χ4n) is 1.70. The fourth-order valence-corrected chi connectivity index (χ4v) is 2.23. The third kappa shape index (κ3) is 2.49. The topological polar surface area (TPSA) is 26.0 Å². The van der Waals surface area contributed by atoms with Gasteiger partial charge >= 0.3 is 0 Å². The van der Waals surface area contributed by atoms with Crippen LogP contribution in [0.5, 0.6) is 0 Å². The van der Waals surface area contributed by atoms with Gasteiger partial charge in [0.15, 0.2) is 0 Å². The summed E-state index contributed by atoms with van der Waals surface area (Å²) in [5, 5.41) is 1.25. The Labute approximate surface area is 105 Å². The number of benzene rings is 2. The first-order valence-electron chi connectivity index (χ1n) is 4.88. The van der Waals surface area contributed by atoms with Crippen LogP contribution < -0.4 is 5.73 Å². The first kappa shape index (κ1) is 11.3. The second-order valence-electron chi connectivity index (χ2n) is 3.79. The number of aryl methyl sites for hydroxylation is 1. The molecule has 0 spiro atoms. The highest BCUT2D eigenvalue weighted by atomic mass is 35.5. The van der Waals surface area contributed by atoms with Gasteiger partial charge in [0.25, 0.3) is 0 Å². The highest BCUT2D eigenvalue weighted by molar-refractivity contribution is 6.35. The zero-order chi connectivity index (χ0) is 11.7. The molecule has 3 heteroatoms. The predicted molar refractivity (Wildman–Crippen MR) is 71.0 cm³/mol. The molecule has 0 saturated heterocycles. The smallest absolute Gasteiger partial charge is 0.0426 e. The van der Waals surface area contributed by atoms with Gasteiger partial charge in [-0.15, -0.1) is 0 Å². The van der Waals surface area contributed by atoms with Gasteiger partial charge in [-0.2, -0.15) is 0 Å². The Kier molecular flexibility index (Phi) is 3.08. The first-order chi connectivity index (χ1) is 7.54. The lowest BCUT2D eigenvalue weighted by Gasteiger charge is -2.06. The second kappa shape index (κ2) is 4.36. The fraction of sp³-hybridized carbons (Fsp3) is 0.0769. The van der Waals surface area contributed by atoms with Gasteiger partial charge in [-0.1, -0.05) is 29.3 Å². The molecule has 0 aromatic heterocycles. The Morgan fingerprint density at radius 2 is 1.38 bits per heavy atom. The third-order valence-corrected chi connectivity index (χ3v) is 2.73. The second-order valence-corrected chi connectivity index (χ2v) is 4.66. The van der Waals surface area contributed by atoms with Crippen LogP contribution in [0.2, 0.25) is 10.0 Å². The molecule has 0 aliphatic carbocycles. The Morgan fingerprint density at radius 1 is 0.812 bits per heavy atom. The first-order valence-corrected chi connectivity index (χ1v) is 5.64. The van der Waals surface area contributed by atoms with Crippen molar-refractivity contribution < 1.29 is 0 Å². The number of nitrogens with two attached hydrogens (primary N) is 1. The summed E-state index contributed by atoms with van der Waals surface area (Å²) < 4.78 is 0. The van der Waals surface area contributed by atoms with Crippen molar-refractivity contribution in [3.63, 3.8) is 0 Å². The van der Waals surface area contributed by atoms with Crippen molar-refractivity contribution in [3.8, 4) is 11.1 Å². The lowest BCUT2D eigenvalue weighted by molar-refractivity contribution is 1.47. The average molecular weight is 252 g/mol. The molecule has 16 heavy (non-hydrogen) atoms. The maximum atomic E-state index is 5.96. The van der Waals surface area contributed by atoms with E-state index in [9.17, 15) is 0 Å². The van der Waals surface area contributed by atoms with Crippen molar-refractivity contribution in [1.29, 1.82) is 0 Å². The molecule has 0 aliphatic heterocycles. The quantitative estimate of drug-likeness (QED) is 0.740. The van der Waals surface area contributed by atoms with E-state index in [0.29, 0.717) is 10.0 Å². The molecule has 0 heterocycles. The molecule has 82 valence electrons. The monoisotopic (exact) mass is 251 g/mol. The molecular weight excluding hydrogens is 241 g/mol. The van der Waals surface area contributed by atoms with Gasteiger partial charge in [-0.05, 0) is 53.9 Å². The van der Waals surface area contributed by atoms with Crippen LogP contribution in [-0.4, -0.2) is 0 Å². The molecule has 0 unspecified atom stereocenters. The van der Waals surface area contributed by atoms with E-state index < -0.39 is 0 Å². The Balaban J connectivity index is 2.57. The van der Waals surface area contributed by atoms with E-state index in [2.05, 4.69) is 6.07 Å². The summed E-state index contributed by atoms with van der Waals surface area (Å²) in [5.41, 5.74) is 9.67. The predicted octanol–water partition coefficient (Wildman–Crippen LogP) is 4.55. The highest BCUT2D eigenvalue weighted by Gasteiger charge is 2.03. The van der Waals surface area contributed by atoms with E-state index >= 15 is 0 Å². The number of halogens is 2. The molecular formula is C13H11Cl2N. The summed E-state index contributed by atoms with van der Waals surface area (Å²) in [6.45, 7) is 2.01. The maximum Gasteiger partial charge on any atom is 0.0426 e. The molecule has 0 fully saturated rings. The minimum absolute atomic E-state index is 0.627. The van der Waals surface area contributed by atoms with Crippen molar-refractivity contribution in [2.45, 2.75) is 6.92 Å². The number of hydrogen-bond donors (Lipinski definition) is 1. The van der Waals surface area contributed by atoms with Crippen molar-refractivity contribution in [3.05, 3.63) is 52.0 Å². The van der Waals surface area contributed by atoms with Crippen LogP contribution in [0.25, 0.3) is 11.1 Å². The van der Waals surface area contributed by atoms with Crippen LogP contribution in [0.4, 0.5) is 5.69 Å². The van der Waals surface area contributed by atoms with Gasteiger partial charge in [0.05, 0.1) is 0 Å². The van der Waals surface area contributed by atoms with E-state index in [0.717, 1.165) is 22.4 Å². The molecule has 0 aliphatic rings. The molecule has 0 bridgehead atoms. The summed E-state index contributed by atoms with van der Waals surface area (Å²) in [7, 11) is 0. The van der Waals surface area contributed by atoms with E-state index in [4.69, 9.17) is 28.9 Å². The minimum Gasteiger partial charge on any atom is -0.399 e.